The fraction of sp³-hybridized carbons (Fsp3) is 0.444. The van der Waals surface area contributed by atoms with Crippen molar-refractivity contribution in [3.8, 4) is 0 Å². The highest BCUT2D eigenvalue weighted by atomic mass is 16.5. The number of nitrogens with zero attached hydrogens (tertiary/aromatic N) is 2. The molecule has 1 aromatic heterocycles. The molecule has 2 N–H and O–H groups in total. The Morgan fingerprint density at radius 1 is 1.46 bits per heavy atom. The molecule has 0 atom stereocenters. The highest BCUT2D eigenvalue weighted by Gasteiger charge is 2.13. The monoisotopic (exact) mass is 335 g/mol. The lowest BCUT2D eigenvalue weighted by Gasteiger charge is -2.09. The number of carboxylic acids is 1. The lowest BCUT2D eigenvalue weighted by atomic mass is 10.1. The first-order chi connectivity index (χ1) is 11.3. The largest absolute Gasteiger partial charge is 0.497 e. The van der Waals surface area contributed by atoms with Crippen LogP contribution in [0.5, 0.6) is 0 Å². The third kappa shape index (κ3) is 7.28. The van der Waals surface area contributed by atoms with Gasteiger partial charge in [0.2, 0.25) is 0 Å². The van der Waals surface area contributed by atoms with E-state index in [4.69, 9.17) is 9.84 Å². The van der Waals surface area contributed by atoms with Crippen LogP contribution in [0.3, 0.4) is 0 Å². The molecule has 0 amide bonds. The second-order valence-corrected chi connectivity index (χ2v) is 5.29. The first-order valence-electron chi connectivity index (χ1n) is 7.76. The summed E-state index contributed by atoms with van der Waals surface area (Å²) in [6.07, 6.45) is 5.43. The first-order valence-corrected chi connectivity index (χ1v) is 7.76. The number of nitrogens with one attached hydrogen (secondary N) is 1. The van der Waals surface area contributed by atoms with E-state index in [9.17, 15) is 4.79 Å². The topological polar surface area (TPSA) is 74.7 Å². The molecule has 1 aromatic rings. The highest BCUT2D eigenvalue weighted by Crippen LogP contribution is 2.19. The van der Waals surface area contributed by atoms with E-state index in [0.717, 1.165) is 12.1 Å². The summed E-state index contributed by atoms with van der Waals surface area (Å²) in [6.45, 7) is 6.97. The SMILES string of the molecule is C/C=C\C(=C/c1nc(NC)c(C(=O)O)cc1C)OC.CCN(C)C. The van der Waals surface area contributed by atoms with Crippen molar-refractivity contribution in [3.63, 3.8) is 0 Å². The molecule has 0 fully saturated rings. The predicted octanol–water partition coefficient (Wildman–Crippen LogP) is 3.26. The maximum Gasteiger partial charge on any atom is 0.339 e. The Hall–Kier alpha value is -2.34. The molecule has 0 aliphatic rings. The fourth-order valence-corrected chi connectivity index (χ4v) is 1.60. The van der Waals surface area contributed by atoms with E-state index < -0.39 is 5.97 Å². The molecule has 134 valence electrons. The molecular weight excluding hydrogens is 306 g/mol. The van der Waals surface area contributed by atoms with Gasteiger partial charge in [0.25, 0.3) is 0 Å². The molecule has 0 aliphatic carbocycles. The summed E-state index contributed by atoms with van der Waals surface area (Å²) in [7, 11) is 7.33. The molecule has 1 heterocycles. The minimum absolute atomic E-state index is 0.155. The van der Waals surface area contributed by atoms with Crippen molar-refractivity contribution in [3.05, 3.63) is 40.8 Å². The highest BCUT2D eigenvalue weighted by molar-refractivity contribution is 5.93. The van der Waals surface area contributed by atoms with E-state index in [1.165, 1.54) is 0 Å². The van der Waals surface area contributed by atoms with Crippen LogP contribution in [0.1, 0.15) is 35.5 Å². The Labute approximate surface area is 144 Å². The molecule has 0 saturated carbocycles. The van der Waals surface area contributed by atoms with E-state index in [2.05, 4.69) is 36.2 Å². The van der Waals surface area contributed by atoms with Crippen molar-refractivity contribution in [2.45, 2.75) is 20.8 Å². The van der Waals surface area contributed by atoms with E-state index in [1.54, 1.807) is 26.3 Å². The van der Waals surface area contributed by atoms with E-state index >= 15 is 0 Å². The Morgan fingerprint density at radius 3 is 2.42 bits per heavy atom. The molecule has 0 spiro atoms. The summed E-state index contributed by atoms with van der Waals surface area (Å²) in [5.41, 5.74) is 1.60. The Balaban J connectivity index is 0.000000922. The molecule has 6 heteroatoms. The van der Waals surface area contributed by atoms with Crippen LogP contribution in [-0.2, 0) is 4.74 Å². The van der Waals surface area contributed by atoms with Crippen molar-refractivity contribution in [1.29, 1.82) is 0 Å². The number of methoxy groups -OCH3 is 1. The number of carboxylic acid groups (broad SMARTS) is 1. The van der Waals surface area contributed by atoms with Crippen LogP contribution in [0.25, 0.3) is 6.08 Å². The van der Waals surface area contributed by atoms with Crippen molar-refractivity contribution < 1.29 is 14.6 Å². The first kappa shape index (κ1) is 21.7. The summed E-state index contributed by atoms with van der Waals surface area (Å²) in [4.78, 5) is 17.5. The van der Waals surface area contributed by atoms with E-state index in [0.29, 0.717) is 17.3 Å². The normalized spacial score (nSPS) is 11.2. The van der Waals surface area contributed by atoms with Crippen LogP contribution in [0.4, 0.5) is 5.82 Å². The van der Waals surface area contributed by atoms with Gasteiger partial charge in [-0.25, -0.2) is 9.78 Å². The summed E-state index contributed by atoms with van der Waals surface area (Å²) in [5.74, 6) is -0.0144. The number of aryl methyl sites for hydroxylation is 1. The summed E-state index contributed by atoms with van der Waals surface area (Å²) >= 11 is 0. The number of hydrogen-bond acceptors (Lipinski definition) is 5. The van der Waals surface area contributed by atoms with Gasteiger partial charge in [-0.3, -0.25) is 0 Å². The molecule has 24 heavy (non-hydrogen) atoms. The molecule has 0 bridgehead atoms. The van der Waals surface area contributed by atoms with Crippen molar-refractivity contribution in [1.82, 2.24) is 9.88 Å². The summed E-state index contributed by atoms with van der Waals surface area (Å²) in [5, 5.41) is 11.9. The van der Waals surface area contributed by atoms with Gasteiger partial charge in [-0.15, -0.1) is 0 Å². The average Bonchev–Trinajstić information content (AvgIpc) is 2.55. The molecule has 0 saturated heterocycles. The molecule has 6 nitrogen and oxygen atoms in total. The van der Waals surface area contributed by atoms with Gasteiger partial charge in [0.15, 0.2) is 0 Å². The van der Waals surface area contributed by atoms with Gasteiger partial charge in [0, 0.05) is 13.1 Å². The molecule has 0 unspecified atom stereocenters. The third-order valence-corrected chi connectivity index (χ3v) is 3.20. The number of rotatable bonds is 6. The zero-order valence-electron chi connectivity index (χ0n) is 15.7. The lowest BCUT2D eigenvalue weighted by molar-refractivity contribution is 0.0697. The fourth-order valence-electron chi connectivity index (χ4n) is 1.60. The number of allylic oxidation sites excluding steroid dienone is 2. The van der Waals surface area contributed by atoms with Crippen molar-refractivity contribution in [2.24, 2.45) is 0 Å². The van der Waals surface area contributed by atoms with E-state index in [-0.39, 0.29) is 5.56 Å². The predicted molar refractivity (Wildman–Crippen MR) is 99.5 cm³/mol. The number of pyridine rings is 1. The van der Waals surface area contributed by atoms with Crippen LogP contribution < -0.4 is 5.32 Å². The van der Waals surface area contributed by atoms with Gasteiger partial charge in [0.1, 0.15) is 17.1 Å². The number of carbonyl (C=O) groups is 1. The third-order valence-electron chi connectivity index (χ3n) is 3.20. The molecule has 1 rings (SSSR count). The zero-order chi connectivity index (χ0) is 18.7. The molecule has 0 aromatic carbocycles. The van der Waals surface area contributed by atoms with Gasteiger partial charge >= 0.3 is 5.97 Å². The van der Waals surface area contributed by atoms with Crippen LogP contribution in [0, 0.1) is 6.92 Å². The zero-order valence-corrected chi connectivity index (χ0v) is 15.7. The minimum Gasteiger partial charge on any atom is -0.497 e. The average molecular weight is 335 g/mol. The van der Waals surface area contributed by atoms with Gasteiger partial charge < -0.3 is 20.1 Å². The molecule has 0 aliphatic heterocycles. The second kappa shape index (κ2) is 11.2. The van der Waals surface area contributed by atoms with Crippen molar-refractivity contribution in [2.75, 3.05) is 40.1 Å². The van der Waals surface area contributed by atoms with Crippen molar-refractivity contribution >= 4 is 17.9 Å². The second-order valence-electron chi connectivity index (χ2n) is 5.29. The lowest BCUT2D eigenvalue weighted by Crippen LogP contribution is -2.08. The van der Waals surface area contributed by atoms with Gasteiger partial charge in [-0.05, 0) is 52.2 Å². The number of hydrogen-bond donors (Lipinski definition) is 2. The minimum atomic E-state index is -1.00. The number of anilines is 1. The smallest absolute Gasteiger partial charge is 0.339 e. The quantitative estimate of drug-likeness (QED) is 0.614. The summed E-state index contributed by atoms with van der Waals surface area (Å²) in [6, 6.07) is 1.59. The Bertz CT molecular complexity index is 593. The number of ether oxygens (including phenoxy) is 1. The van der Waals surface area contributed by atoms with Crippen LogP contribution in [-0.4, -0.2) is 55.8 Å². The van der Waals surface area contributed by atoms with Gasteiger partial charge in [-0.2, -0.15) is 0 Å². The maximum absolute atomic E-state index is 11.1. The summed E-state index contributed by atoms with van der Waals surface area (Å²) < 4.78 is 5.20. The van der Waals surface area contributed by atoms with E-state index in [1.807, 2.05) is 26.0 Å². The van der Waals surface area contributed by atoms with Gasteiger partial charge in [0.05, 0.1) is 12.8 Å². The molecular formula is C18H29N3O3. The Kier molecular flexibility index (Phi) is 10.1. The van der Waals surface area contributed by atoms with Gasteiger partial charge in [-0.1, -0.05) is 13.0 Å². The van der Waals surface area contributed by atoms with Crippen LogP contribution in [0.2, 0.25) is 0 Å². The number of aromatic nitrogens is 1. The Morgan fingerprint density at radius 2 is 2.04 bits per heavy atom. The van der Waals surface area contributed by atoms with Crippen LogP contribution >= 0.6 is 0 Å². The molecule has 0 radical (unpaired) electrons. The van der Waals surface area contributed by atoms with Crippen LogP contribution in [0.15, 0.2) is 24.0 Å². The maximum atomic E-state index is 11.1. The number of aromatic carboxylic acids is 1. The standard InChI is InChI=1S/C14H18N2O3.C4H11N/c1-5-6-10(19-4)8-12-9(2)7-11(14(17)18)13(15-3)16-12;1-4-5(2)3/h5-8H,1-4H3,(H,15,16)(H,17,18);4H2,1-3H3/b6-5-,10-8+;.